The molecule has 1 aromatic carbocycles. The number of likely N-dealkylation sites (tertiary alicyclic amines) is 2. The largest absolute Gasteiger partial charge is 0.445 e. The van der Waals surface area contributed by atoms with Crippen molar-refractivity contribution in [3.05, 3.63) is 58.9 Å². The molecule has 2 saturated heterocycles. The fourth-order valence-electron chi connectivity index (χ4n) is 4.89. The Labute approximate surface area is 226 Å². The number of piperidine rings is 1. The monoisotopic (exact) mass is 540 g/mol. The number of nitrogens with zero attached hydrogens (tertiary/aromatic N) is 5. The number of carbonyl (C=O) groups excluding carboxylic acids is 2. The molecule has 202 valence electrons. The van der Waals surface area contributed by atoms with Crippen molar-refractivity contribution in [1.82, 2.24) is 24.4 Å². The molecular weight excluding hydrogens is 508 g/mol. The van der Waals surface area contributed by atoms with Gasteiger partial charge in [0.2, 0.25) is 0 Å². The predicted octanol–water partition coefficient (Wildman–Crippen LogP) is 4.93. The summed E-state index contributed by atoms with van der Waals surface area (Å²) in [5.74, 6) is 1.07. The second-order valence-electron chi connectivity index (χ2n) is 10.1. The summed E-state index contributed by atoms with van der Waals surface area (Å²) >= 11 is 6.30. The molecule has 3 aromatic rings. The Hall–Kier alpha value is -3.53. The summed E-state index contributed by atoms with van der Waals surface area (Å²) < 4.78 is 12.9. The lowest BCUT2D eigenvalue weighted by molar-refractivity contribution is 0.0562. The van der Waals surface area contributed by atoms with Gasteiger partial charge in [-0.1, -0.05) is 55.8 Å². The van der Waals surface area contributed by atoms with Crippen LogP contribution in [0.1, 0.15) is 50.2 Å². The fraction of sp³-hybridized carbons (Fsp3) is 0.481. The number of aromatic nitrogens is 3. The molecule has 2 aliphatic rings. The summed E-state index contributed by atoms with van der Waals surface area (Å²) in [7, 11) is 0. The van der Waals surface area contributed by atoms with Crippen molar-refractivity contribution in [2.45, 2.75) is 57.8 Å². The minimum absolute atomic E-state index is 0.161. The van der Waals surface area contributed by atoms with Gasteiger partial charge in [0.25, 0.3) is 0 Å². The summed E-state index contributed by atoms with van der Waals surface area (Å²) in [4.78, 5) is 33.0. The minimum atomic E-state index is -0.387. The molecule has 2 aliphatic heterocycles. The number of hydrogen-bond acceptors (Lipinski definition) is 7. The van der Waals surface area contributed by atoms with Gasteiger partial charge in [-0.15, -0.1) is 0 Å². The third-order valence-corrected chi connectivity index (χ3v) is 7.26. The molecule has 10 nitrogen and oxygen atoms in total. The molecule has 4 heterocycles. The van der Waals surface area contributed by atoms with E-state index < -0.39 is 0 Å². The van der Waals surface area contributed by atoms with Crippen LogP contribution >= 0.6 is 11.6 Å². The summed E-state index contributed by atoms with van der Waals surface area (Å²) in [5.41, 5.74) is 2.73. The highest BCUT2D eigenvalue weighted by molar-refractivity contribution is 6.29. The maximum Gasteiger partial charge on any atom is 0.410 e. The average Bonchev–Trinajstić information content (AvgIpc) is 3.56. The van der Waals surface area contributed by atoms with Crippen molar-refractivity contribution in [2.24, 2.45) is 0 Å². The minimum Gasteiger partial charge on any atom is -0.445 e. The molecule has 1 atom stereocenters. The van der Waals surface area contributed by atoms with E-state index >= 15 is 0 Å². The second kappa shape index (κ2) is 11.5. The maximum atomic E-state index is 12.8. The van der Waals surface area contributed by atoms with E-state index in [1.165, 1.54) is 0 Å². The number of hydrogen-bond donors (Lipinski definition) is 1. The zero-order valence-corrected chi connectivity index (χ0v) is 22.4. The number of ether oxygens (including phenoxy) is 2. The van der Waals surface area contributed by atoms with Crippen LogP contribution < -0.4 is 5.32 Å². The van der Waals surface area contributed by atoms with Gasteiger partial charge in [0.05, 0.1) is 12.7 Å². The van der Waals surface area contributed by atoms with E-state index in [9.17, 15) is 9.59 Å². The first-order chi connectivity index (χ1) is 18.4. The molecule has 38 heavy (non-hydrogen) atoms. The normalized spacial score (nSPS) is 18.3. The van der Waals surface area contributed by atoms with Crippen LogP contribution in [-0.2, 0) is 16.1 Å². The lowest BCUT2D eigenvalue weighted by Gasteiger charge is -2.32. The van der Waals surface area contributed by atoms with E-state index in [-0.39, 0.29) is 36.9 Å². The smallest absolute Gasteiger partial charge is 0.410 e. The van der Waals surface area contributed by atoms with Crippen LogP contribution in [0.25, 0.3) is 5.65 Å². The molecule has 0 spiro atoms. The van der Waals surface area contributed by atoms with Gasteiger partial charge in [-0.3, -0.25) is 0 Å². The molecule has 5 rings (SSSR count). The number of fused-ring (bicyclic) bond motifs is 1. The van der Waals surface area contributed by atoms with Gasteiger partial charge in [0.1, 0.15) is 23.7 Å². The topological polar surface area (TPSA) is 101 Å². The second-order valence-corrected chi connectivity index (χ2v) is 10.5. The summed E-state index contributed by atoms with van der Waals surface area (Å²) in [6.45, 7) is 6.42. The summed E-state index contributed by atoms with van der Waals surface area (Å²) in [6.07, 6.45) is 2.91. The van der Waals surface area contributed by atoms with Crippen LogP contribution in [0.4, 0.5) is 15.4 Å². The number of amides is 2. The van der Waals surface area contributed by atoms with Gasteiger partial charge in [0.15, 0.2) is 5.65 Å². The average molecular weight is 541 g/mol. The number of halogens is 1. The summed E-state index contributed by atoms with van der Waals surface area (Å²) in [5, 5.41) is 8.45. The molecule has 2 amide bonds. The highest BCUT2D eigenvalue weighted by Crippen LogP contribution is 2.26. The zero-order valence-electron chi connectivity index (χ0n) is 21.7. The SMILES string of the molecule is CC(C)c1cnn2c(NC3CCN(C(=O)OC4CCN(C(=O)OCc5ccccc5)C4)CC3)cc(Cl)nc12. The third kappa shape index (κ3) is 5.96. The number of carbonyl (C=O) groups is 2. The molecule has 0 bridgehead atoms. The number of rotatable bonds is 6. The lowest BCUT2D eigenvalue weighted by Crippen LogP contribution is -2.44. The van der Waals surface area contributed by atoms with E-state index in [1.807, 2.05) is 36.5 Å². The Balaban J connectivity index is 1.08. The van der Waals surface area contributed by atoms with Gasteiger partial charge >= 0.3 is 12.2 Å². The first-order valence-corrected chi connectivity index (χ1v) is 13.5. The van der Waals surface area contributed by atoms with Crippen molar-refractivity contribution in [1.29, 1.82) is 0 Å². The van der Waals surface area contributed by atoms with Gasteiger partial charge in [0, 0.05) is 43.7 Å². The van der Waals surface area contributed by atoms with Gasteiger partial charge < -0.3 is 24.6 Å². The molecule has 2 fully saturated rings. The molecule has 0 saturated carbocycles. The van der Waals surface area contributed by atoms with Crippen molar-refractivity contribution in [3.8, 4) is 0 Å². The molecule has 0 aliphatic carbocycles. The Kier molecular flexibility index (Phi) is 7.87. The highest BCUT2D eigenvalue weighted by atomic mass is 35.5. The Morgan fingerprint density at radius 2 is 1.82 bits per heavy atom. The van der Waals surface area contributed by atoms with Crippen LogP contribution in [0.3, 0.4) is 0 Å². The summed E-state index contributed by atoms with van der Waals surface area (Å²) in [6, 6.07) is 11.5. The Bertz CT molecular complexity index is 1280. The van der Waals surface area contributed by atoms with Gasteiger partial charge in [-0.2, -0.15) is 9.61 Å². The maximum absolute atomic E-state index is 12.8. The zero-order chi connectivity index (χ0) is 26.6. The Morgan fingerprint density at radius 3 is 2.55 bits per heavy atom. The molecule has 11 heteroatoms. The van der Waals surface area contributed by atoms with E-state index in [0.717, 1.165) is 35.4 Å². The molecule has 2 aromatic heterocycles. The van der Waals surface area contributed by atoms with Crippen LogP contribution in [0.5, 0.6) is 0 Å². The lowest BCUT2D eigenvalue weighted by atomic mass is 10.1. The van der Waals surface area contributed by atoms with E-state index in [0.29, 0.717) is 37.8 Å². The van der Waals surface area contributed by atoms with E-state index in [1.54, 1.807) is 20.4 Å². The molecule has 1 N–H and O–H groups in total. The third-order valence-electron chi connectivity index (χ3n) is 7.07. The van der Waals surface area contributed by atoms with E-state index in [4.69, 9.17) is 21.1 Å². The van der Waals surface area contributed by atoms with Gasteiger partial charge in [-0.05, 0) is 24.3 Å². The van der Waals surface area contributed by atoms with Crippen LogP contribution in [0.2, 0.25) is 5.15 Å². The van der Waals surface area contributed by atoms with Crippen LogP contribution in [0, 0.1) is 0 Å². The van der Waals surface area contributed by atoms with Gasteiger partial charge in [-0.25, -0.2) is 14.6 Å². The highest BCUT2D eigenvalue weighted by Gasteiger charge is 2.32. The van der Waals surface area contributed by atoms with Crippen molar-refractivity contribution in [3.63, 3.8) is 0 Å². The number of benzene rings is 1. The molecular formula is C27H33ClN6O4. The Morgan fingerprint density at radius 1 is 1.08 bits per heavy atom. The van der Waals surface area contributed by atoms with E-state index in [2.05, 4.69) is 29.2 Å². The number of anilines is 1. The van der Waals surface area contributed by atoms with Crippen molar-refractivity contribution < 1.29 is 19.1 Å². The quantitative estimate of drug-likeness (QED) is 0.442. The van der Waals surface area contributed by atoms with Crippen LogP contribution in [0.15, 0.2) is 42.6 Å². The standard InChI is InChI=1S/C27H33ClN6O4/c1-18(2)22-15-29-34-24(14-23(28)31-25(22)34)30-20-8-11-32(12-9-20)27(36)38-21-10-13-33(16-21)26(35)37-17-19-6-4-3-5-7-19/h3-7,14-15,18,20-21,30H,8-13,16-17H2,1-2H3. The van der Waals surface area contributed by atoms with Crippen molar-refractivity contribution in [2.75, 3.05) is 31.5 Å². The fourth-order valence-corrected chi connectivity index (χ4v) is 5.08. The predicted molar refractivity (Wildman–Crippen MR) is 143 cm³/mol. The first kappa shape index (κ1) is 26.1. The van der Waals surface area contributed by atoms with Crippen LogP contribution in [-0.4, -0.2) is 74.9 Å². The first-order valence-electron chi connectivity index (χ1n) is 13.1. The molecule has 0 radical (unpaired) electrons. The molecule has 1 unspecified atom stereocenters. The van der Waals surface area contributed by atoms with Crippen molar-refractivity contribution >= 4 is 35.3 Å². The number of nitrogens with one attached hydrogen (secondary N) is 1.